The van der Waals surface area contributed by atoms with E-state index >= 15 is 0 Å². The second-order valence-electron chi connectivity index (χ2n) is 8.37. The monoisotopic (exact) mass is 317 g/mol. The summed E-state index contributed by atoms with van der Waals surface area (Å²) in [5.74, 6) is 0. The second-order valence-corrected chi connectivity index (χ2v) is 14.0. The fraction of sp³-hybridized carbons (Fsp3) is 0.500. The zero-order valence-electron chi connectivity index (χ0n) is 15.5. The van der Waals surface area contributed by atoms with Crippen molar-refractivity contribution >= 4 is 14.7 Å². The van der Waals surface area contributed by atoms with Crippen LogP contribution in [0.1, 0.15) is 37.5 Å². The van der Waals surface area contributed by atoms with E-state index in [4.69, 9.17) is 0 Å². The molecule has 2 nitrogen and oxygen atoms in total. The zero-order valence-corrected chi connectivity index (χ0v) is 16.5. The Balaban J connectivity index is 2.34. The van der Waals surface area contributed by atoms with E-state index in [0.717, 1.165) is 6.29 Å². The summed E-state index contributed by atoms with van der Waals surface area (Å²) in [5.41, 5.74) is 5.33. The molecule has 0 N–H and O–H groups in total. The summed E-state index contributed by atoms with van der Waals surface area (Å²) in [6.45, 7) is 16.2. The van der Waals surface area contributed by atoms with Gasteiger partial charge in [-0.3, -0.25) is 0 Å². The SMILES string of the molecule is B[PH](C)(Cn1cc[n+](-c2c(C)cc(C)cc2C)c1)C(C)(C)C. The van der Waals surface area contributed by atoms with Crippen molar-refractivity contribution in [1.29, 1.82) is 0 Å². The first-order chi connectivity index (χ1) is 10.0. The number of hydrogen-bond acceptors (Lipinski definition) is 0. The van der Waals surface area contributed by atoms with Crippen molar-refractivity contribution in [2.45, 2.75) is 53.0 Å². The molecule has 0 aliphatic carbocycles. The molecule has 1 aromatic heterocycles. The number of hydrogen-bond donors (Lipinski definition) is 0. The summed E-state index contributed by atoms with van der Waals surface area (Å²) in [7, 11) is 1.17. The fourth-order valence-corrected chi connectivity index (χ4v) is 4.47. The van der Waals surface area contributed by atoms with Crippen LogP contribution in [0.3, 0.4) is 0 Å². The number of benzene rings is 1. The molecule has 0 bridgehead atoms. The van der Waals surface area contributed by atoms with Crippen LogP contribution in [0.25, 0.3) is 5.69 Å². The molecule has 0 saturated carbocycles. The van der Waals surface area contributed by atoms with Gasteiger partial charge in [0.1, 0.15) is 0 Å². The number of imidazole rings is 1. The van der Waals surface area contributed by atoms with Crippen LogP contribution in [0.5, 0.6) is 0 Å². The predicted octanol–water partition coefficient (Wildman–Crippen LogP) is 3.37. The molecule has 4 heteroatoms. The van der Waals surface area contributed by atoms with Crippen molar-refractivity contribution < 1.29 is 4.57 Å². The van der Waals surface area contributed by atoms with Crippen LogP contribution in [-0.2, 0) is 6.29 Å². The molecule has 0 atom stereocenters. The first-order valence-corrected chi connectivity index (χ1v) is 11.4. The van der Waals surface area contributed by atoms with E-state index in [0.29, 0.717) is 5.16 Å². The quantitative estimate of drug-likeness (QED) is 0.466. The molecule has 0 fully saturated rings. The van der Waals surface area contributed by atoms with Gasteiger partial charge in [0.05, 0.1) is 0 Å². The minimum atomic E-state index is -1.32. The first kappa shape index (κ1) is 17.3. The van der Waals surface area contributed by atoms with Gasteiger partial charge >= 0.3 is 137 Å². The summed E-state index contributed by atoms with van der Waals surface area (Å²) in [6, 6.07) is 4.53. The van der Waals surface area contributed by atoms with Gasteiger partial charge in [-0.15, -0.1) is 0 Å². The number of rotatable bonds is 3. The Kier molecular flexibility index (Phi) is 4.60. The van der Waals surface area contributed by atoms with Crippen LogP contribution >= 0.6 is 7.14 Å². The molecule has 0 aliphatic rings. The van der Waals surface area contributed by atoms with Gasteiger partial charge in [-0.25, -0.2) is 0 Å². The molecule has 2 rings (SSSR count). The zero-order chi connectivity index (χ0) is 16.7. The van der Waals surface area contributed by atoms with Gasteiger partial charge in [-0.2, -0.15) is 0 Å². The molecule has 0 aliphatic heterocycles. The molecule has 1 aromatic carbocycles. The van der Waals surface area contributed by atoms with Gasteiger partial charge in [0.25, 0.3) is 0 Å². The molecule has 0 amide bonds. The van der Waals surface area contributed by atoms with Crippen molar-refractivity contribution in [3.63, 3.8) is 0 Å². The Hall–Kier alpha value is -1.08. The summed E-state index contributed by atoms with van der Waals surface area (Å²) in [6.07, 6.45) is 7.83. The van der Waals surface area contributed by atoms with E-state index in [-0.39, 0.29) is 0 Å². The van der Waals surface area contributed by atoms with E-state index in [1.54, 1.807) is 0 Å². The van der Waals surface area contributed by atoms with Crippen molar-refractivity contribution in [3.8, 4) is 5.69 Å². The molecule has 0 spiro atoms. The third-order valence-corrected chi connectivity index (χ3v) is 10.4. The van der Waals surface area contributed by atoms with E-state index in [1.807, 2.05) is 0 Å². The average molecular weight is 317 g/mol. The van der Waals surface area contributed by atoms with E-state index in [9.17, 15) is 0 Å². The summed E-state index contributed by atoms with van der Waals surface area (Å²) in [5, 5.41) is 0.414. The van der Waals surface area contributed by atoms with Crippen molar-refractivity contribution in [1.82, 2.24) is 4.57 Å². The number of aromatic nitrogens is 2. The molecular formula is C18H31BN2P+. The topological polar surface area (TPSA) is 8.81 Å². The Bertz CT molecular complexity index is 658. The van der Waals surface area contributed by atoms with Gasteiger partial charge in [0.2, 0.25) is 0 Å². The van der Waals surface area contributed by atoms with E-state index < -0.39 is 7.14 Å². The van der Waals surface area contributed by atoms with Crippen molar-refractivity contribution in [3.05, 3.63) is 47.5 Å². The minimum absolute atomic E-state index is 0.414. The van der Waals surface area contributed by atoms with Gasteiger partial charge < -0.3 is 0 Å². The summed E-state index contributed by atoms with van der Waals surface area (Å²) < 4.78 is 4.65. The van der Waals surface area contributed by atoms with Crippen LogP contribution in [0.4, 0.5) is 0 Å². The second kappa shape index (κ2) is 5.85. The standard InChI is InChI=1S/C18H31BN2P/c1-14-10-15(2)17(16(3)11-14)21-9-8-20(12-21)13-22(7,19)18(4,5)6/h8-12,22H,13,19H2,1-7H3/q+1. The molecule has 1 heterocycles. The van der Waals surface area contributed by atoms with Crippen LogP contribution in [-0.4, -0.2) is 24.0 Å². The van der Waals surface area contributed by atoms with Gasteiger partial charge in [0, 0.05) is 0 Å². The third-order valence-electron chi connectivity index (χ3n) is 5.19. The van der Waals surface area contributed by atoms with Crippen LogP contribution < -0.4 is 4.57 Å². The van der Waals surface area contributed by atoms with Crippen molar-refractivity contribution in [2.24, 2.45) is 0 Å². The number of nitrogens with zero attached hydrogens (tertiary/aromatic N) is 2. The Labute approximate surface area is 137 Å². The Morgan fingerprint density at radius 1 is 1.14 bits per heavy atom. The first-order valence-electron chi connectivity index (χ1n) is 8.16. The molecule has 0 saturated heterocycles. The molecule has 2 aromatic rings. The summed E-state index contributed by atoms with van der Waals surface area (Å²) in [4.78, 5) is 0. The molecule has 0 radical (unpaired) electrons. The average Bonchev–Trinajstić information content (AvgIpc) is 2.73. The molecule has 22 heavy (non-hydrogen) atoms. The van der Waals surface area contributed by atoms with E-state index in [1.165, 1.54) is 22.4 Å². The van der Waals surface area contributed by atoms with Crippen molar-refractivity contribution in [2.75, 3.05) is 6.66 Å². The van der Waals surface area contributed by atoms with Gasteiger partial charge in [0.15, 0.2) is 0 Å². The van der Waals surface area contributed by atoms with E-state index in [2.05, 4.69) is 95.8 Å². The maximum absolute atomic E-state index is 2.49. The molecule has 0 unspecified atom stereocenters. The third kappa shape index (κ3) is 3.46. The maximum atomic E-state index is 2.49. The van der Waals surface area contributed by atoms with Crippen LogP contribution in [0.15, 0.2) is 30.9 Å². The normalized spacial score (nSPS) is 13.4. The Morgan fingerprint density at radius 3 is 2.18 bits per heavy atom. The van der Waals surface area contributed by atoms with Crippen LogP contribution in [0.2, 0.25) is 0 Å². The number of aryl methyl sites for hydroxylation is 3. The Morgan fingerprint density at radius 2 is 1.68 bits per heavy atom. The van der Waals surface area contributed by atoms with Gasteiger partial charge in [-0.05, 0) is 0 Å². The van der Waals surface area contributed by atoms with Crippen LogP contribution in [0, 0.1) is 20.8 Å². The van der Waals surface area contributed by atoms with Gasteiger partial charge in [-0.1, -0.05) is 0 Å². The predicted molar refractivity (Wildman–Crippen MR) is 103 cm³/mol. The molecule has 120 valence electrons. The molecular weight excluding hydrogens is 286 g/mol. The fourth-order valence-electron chi connectivity index (χ4n) is 2.89. The summed E-state index contributed by atoms with van der Waals surface area (Å²) >= 11 is 0.